The van der Waals surface area contributed by atoms with Crippen LogP contribution in [0.2, 0.25) is 0 Å². The molecule has 0 fully saturated rings. The van der Waals surface area contributed by atoms with E-state index in [1.54, 1.807) is 0 Å². The molecule has 0 aliphatic carbocycles. The van der Waals surface area contributed by atoms with Crippen LogP contribution in [0.5, 0.6) is 0 Å². The number of phosphoric ester groups is 1. The number of allylic oxidation sites excluding steroid dienone is 2. The van der Waals surface area contributed by atoms with Gasteiger partial charge in [0.25, 0.3) is 0 Å². The van der Waals surface area contributed by atoms with E-state index in [0.717, 1.165) is 70.6 Å². The minimum atomic E-state index is -4.53. The van der Waals surface area contributed by atoms with E-state index in [9.17, 15) is 23.8 Å². The smallest absolute Gasteiger partial charge is 0.462 e. The Morgan fingerprint density at radius 1 is 0.484 bits per heavy atom. The Morgan fingerprint density at radius 2 is 0.855 bits per heavy atom. The van der Waals surface area contributed by atoms with E-state index in [0.29, 0.717) is 19.3 Å². The van der Waals surface area contributed by atoms with Gasteiger partial charge < -0.3 is 19.7 Å². The van der Waals surface area contributed by atoms with Gasteiger partial charge >= 0.3 is 19.8 Å². The number of rotatable bonds is 49. The number of ether oxygens (including phenoxy) is 2. The van der Waals surface area contributed by atoms with Gasteiger partial charge in [-0.05, 0) is 44.9 Å². The van der Waals surface area contributed by atoms with Crippen LogP contribution in [0.3, 0.4) is 0 Å². The molecule has 11 heteroatoms. The summed E-state index contributed by atoms with van der Waals surface area (Å²) in [6.45, 7) is 5.82. The molecule has 0 rings (SSSR count). The number of phosphoric acid groups is 1. The van der Waals surface area contributed by atoms with Crippen LogP contribution >= 0.6 is 7.82 Å². The molecule has 0 aromatic rings. The first kappa shape index (κ1) is 60.3. The summed E-state index contributed by atoms with van der Waals surface area (Å²) in [6, 6.07) is 0. The molecule has 0 saturated heterocycles. The van der Waals surface area contributed by atoms with E-state index in [4.69, 9.17) is 18.5 Å². The minimum absolute atomic E-state index is 0.0652. The molecule has 0 aliphatic heterocycles. The number of hydrogen-bond acceptors (Lipinski definition) is 8. The van der Waals surface area contributed by atoms with Crippen LogP contribution in [0, 0.1) is 0 Å². The first-order valence-corrected chi connectivity index (χ1v) is 27.6. The van der Waals surface area contributed by atoms with Gasteiger partial charge in [-0.2, -0.15) is 0 Å². The fourth-order valence-corrected chi connectivity index (χ4v) is 8.25. The van der Waals surface area contributed by atoms with Gasteiger partial charge in [-0.15, -0.1) is 0 Å². The molecular weight excluding hydrogens is 802 g/mol. The van der Waals surface area contributed by atoms with E-state index in [2.05, 4.69) is 38.2 Å². The van der Waals surface area contributed by atoms with Crippen molar-refractivity contribution in [3.63, 3.8) is 0 Å². The van der Waals surface area contributed by atoms with Gasteiger partial charge in [-0.1, -0.05) is 213 Å². The summed E-state index contributed by atoms with van der Waals surface area (Å²) in [7, 11) is -4.53. The number of esters is 2. The molecule has 0 saturated carbocycles. The van der Waals surface area contributed by atoms with Gasteiger partial charge in [-0.3, -0.25) is 23.4 Å². The molecule has 10 nitrogen and oxygen atoms in total. The lowest BCUT2D eigenvalue weighted by atomic mass is 10.0. The molecule has 0 radical (unpaired) electrons. The second-order valence-electron chi connectivity index (χ2n) is 17.6. The molecule has 0 aromatic carbocycles. The predicted octanol–water partition coefficient (Wildman–Crippen LogP) is 15.1. The van der Waals surface area contributed by atoms with E-state index in [1.807, 2.05) is 0 Å². The van der Waals surface area contributed by atoms with Crippen LogP contribution < -0.4 is 5.32 Å². The Morgan fingerprint density at radius 3 is 1.29 bits per heavy atom. The molecule has 1 amide bonds. The fourth-order valence-electron chi connectivity index (χ4n) is 7.50. The monoisotopic (exact) mass is 900 g/mol. The van der Waals surface area contributed by atoms with Gasteiger partial charge in [0, 0.05) is 25.8 Å². The molecule has 2 atom stereocenters. The van der Waals surface area contributed by atoms with Crippen LogP contribution in [0.25, 0.3) is 0 Å². The number of nitrogens with one attached hydrogen (secondary N) is 1. The van der Waals surface area contributed by atoms with Crippen molar-refractivity contribution in [2.75, 3.05) is 26.4 Å². The van der Waals surface area contributed by atoms with E-state index in [1.165, 1.54) is 141 Å². The fraction of sp³-hybridized carbons (Fsp3) is 0.902. The number of carbonyl (C=O) groups is 3. The van der Waals surface area contributed by atoms with Crippen molar-refractivity contribution < 1.29 is 42.4 Å². The molecule has 0 heterocycles. The molecule has 0 aliphatic rings. The Bertz CT molecular complexity index is 1090. The third-order valence-electron chi connectivity index (χ3n) is 11.5. The van der Waals surface area contributed by atoms with Gasteiger partial charge in [0.05, 0.1) is 13.2 Å². The lowest BCUT2D eigenvalue weighted by molar-refractivity contribution is -0.161. The Balaban J connectivity index is 4.53. The highest BCUT2D eigenvalue weighted by Crippen LogP contribution is 2.43. The third-order valence-corrected chi connectivity index (χ3v) is 12.4. The number of unbranched alkanes of at least 4 members (excludes halogenated alkanes) is 31. The maximum Gasteiger partial charge on any atom is 0.472 e. The molecule has 0 spiro atoms. The molecule has 0 aromatic heterocycles. The summed E-state index contributed by atoms with van der Waals surface area (Å²) < 4.78 is 33.9. The maximum atomic E-state index is 12.8. The lowest BCUT2D eigenvalue weighted by Crippen LogP contribution is -2.30. The standard InChI is InChI=1S/C51H98NO9P/c1-4-7-10-13-16-19-21-23-24-26-27-30-33-36-39-42-50(54)58-46-48(61-51(55)43-40-37-34-31-28-25-22-20-17-14-11-8-5-2)47-60-62(56,57)59-45-44-52-49(53)41-38-35-32-29-18-15-12-9-6-3/h23-24,48H,4-22,25-47H2,1-3H3,(H,52,53)(H,56,57)/b24-23-/t48-/m1/s1. The number of carbonyl (C=O) groups excluding carboxylic acids is 3. The number of amides is 1. The van der Waals surface area contributed by atoms with Crippen LogP contribution in [0.15, 0.2) is 12.2 Å². The summed E-state index contributed by atoms with van der Waals surface area (Å²) in [6.07, 6.45) is 45.8. The zero-order chi connectivity index (χ0) is 45.5. The second-order valence-corrected chi connectivity index (χ2v) is 19.1. The topological polar surface area (TPSA) is 137 Å². The highest BCUT2D eigenvalue weighted by Gasteiger charge is 2.26. The van der Waals surface area contributed by atoms with Crippen molar-refractivity contribution in [1.29, 1.82) is 0 Å². The summed E-state index contributed by atoms with van der Waals surface area (Å²) >= 11 is 0. The summed E-state index contributed by atoms with van der Waals surface area (Å²) in [5.74, 6) is -0.982. The van der Waals surface area contributed by atoms with Crippen molar-refractivity contribution in [2.24, 2.45) is 0 Å². The normalized spacial score (nSPS) is 13.0. The summed E-state index contributed by atoms with van der Waals surface area (Å²) in [5.41, 5.74) is 0. The largest absolute Gasteiger partial charge is 0.472 e. The van der Waals surface area contributed by atoms with Gasteiger partial charge in [-0.25, -0.2) is 4.57 Å². The Kier molecular flexibility index (Phi) is 45.9. The number of hydrogen-bond donors (Lipinski definition) is 2. The second kappa shape index (κ2) is 47.2. The quantitative estimate of drug-likeness (QED) is 0.0264. The molecule has 1 unspecified atom stereocenters. The van der Waals surface area contributed by atoms with Crippen molar-refractivity contribution in [3.8, 4) is 0 Å². The average Bonchev–Trinajstić information content (AvgIpc) is 3.25. The molecule has 0 bridgehead atoms. The molecule has 2 N–H and O–H groups in total. The third kappa shape index (κ3) is 46.3. The van der Waals surface area contributed by atoms with Gasteiger partial charge in [0.15, 0.2) is 6.10 Å². The van der Waals surface area contributed by atoms with Crippen LogP contribution in [0.4, 0.5) is 0 Å². The van der Waals surface area contributed by atoms with Crippen LogP contribution in [-0.4, -0.2) is 55.2 Å². The zero-order valence-electron chi connectivity index (χ0n) is 40.6. The zero-order valence-corrected chi connectivity index (χ0v) is 41.5. The lowest BCUT2D eigenvalue weighted by Gasteiger charge is -2.20. The first-order chi connectivity index (χ1) is 30.2. The Labute approximate surface area is 381 Å². The minimum Gasteiger partial charge on any atom is -0.462 e. The Hall–Kier alpha value is -1.74. The maximum absolute atomic E-state index is 12.8. The van der Waals surface area contributed by atoms with Crippen LogP contribution in [0.1, 0.15) is 265 Å². The van der Waals surface area contributed by atoms with Crippen LogP contribution in [-0.2, 0) is 37.5 Å². The SMILES string of the molecule is CCCCCCCC/C=C\CCCCCCCC(=O)OC[C@H](COP(=O)(O)OCCNC(=O)CCCCCCCCCCC)OC(=O)CCCCCCCCCCCCCCC. The van der Waals surface area contributed by atoms with Crippen molar-refractivity contribution in [2.45, 2.75) is 271 Å². The van der Waals surface area contributed by atoms with E-state index >= 15 is 0 Å². The summed E-state index contributed by atoms with van der Waals surface area (Å²) in [5, 5.41) is 2.72. The van der Waals surface area contributed by atoms with E-state index in [-0.39, 0.29) is 38.5 Å². The summed E-state index contributed by atoms with van der Waals surface area (Å²) in [4.78, 5) is 47.9. The van der Waals surface area contributed by atoms with Crippen molar-refractivity contribution in [1.82, 2.24) is 5.32 Å². The van der Waals surface area contributed by atoms with E-state index < -0.39 is 32.5 Å². The van der Waals surface area contributed by atoms with Gasteiger partial charge in [0.2, 0.25) is 5.91 Å². The predicted molar refractivity (Wildman–Crippen MR) is 257 cm³/mol. The van der Waals surface area contributed by atoms with Crippen molar-refractivity contribution >= 4 is 25.7 Å². The molecule has 366 valence electrons. The average molecular weight is 900 g/mol. The first-order valence-electron chi connectivity index (χ1n) is 26.1. The molecular formula is C51H98NO9P. The van der Waals surface area contributed by atoms with Crippen molar-refractivity contribution in [3.05, 3.63) is 12.2 Å². The molecule has 62 heavy (non-hydrogen) atoms. The highest BCUT2D eigenvalue weighted by atomic mass is 31.2. The van der Waals surface area contributed by atoms with Gasteiger partial charge in [0.1, 0.15) is 6.61 Å². The highest BCUT2D eigenvalue weighted by molar-refractivity contribution is 7.47.